The molecule has 0 spiro atoms. The number of phenolic OH excluding ortho intramolecular Hbond substituents is 1. The zero-order chi connectivity index (χ0) is 16.9. The van der Waals surface area contributed by atoms with Crippen LogP contribution in [0.2, 0.25) is 0 Å². The molecule has 2 aromatic rings. The Bertz CT molecular complexity index is 667. The number of hydrogen-bond donors (Lipinski definition) is 1. The van der Waals surface area contributed by atoms with Gasteiger partial charge in [-0.05, 0) is 41.4 Å². The number of amides is 1. The first-order valence-electron chi connectivity index (χ1n) is 8.10. The number of aromatic hydroxyl groups is 1. The van der Waals surface area contributed by atoms with Crippen molar-refractivity contribution in [2.45, 2.75) is 13.0 Å². The quantitative estimate of drug-likeness (QED) is 0.904. The summed E-state index contributed by atoms with van der Waals surface area (Å²) in [7, 11) is 0. The summed E-state index contributed by atoms with van der Waals surface area (Å²) in [5.41, 5.74) is 1.34. The van der Waals surface area contributed by atoms with Gasteiger partial charge in [-0.2, -0.15) is 11.3 Å². The van der Waals surface area contributed by atoms with Crippen molar-refractivity contribution in [3.05, 3.63) is 46.7 Å². The largest absolute Gasteiger partial charge is 0.504 e. The van der Waals surface area contributed by atoms with Crippen molar-refractivity contribution >= 4 is 17.2 Å². The van der Waals surface area contributed by atoms with Gasteiger partial charge < -0.3 is 14.7 Å². The number of carbonyl (C=O) groups excluding carboxylic acids is 1. The van der Waals surface area contributed by atoms with Gasteiger partial charge in [0.25, 0.3) is 5.91 Å². The van der Waals surface area contributed by atoms with Crippen molar-refractivity contribution in [2.24, 2.45) is 0 Å². The van der Waals surface area contributed by atoms with Crippen LogP contribution in [0.3, 0.4) is 0 Å². The molecule has 0 unspecified atom stereocenters. The SMILES string of the molecule is C[C@@H](c1ccsc1)N1CCN(C(=O)COc2ccccc2O)CC1. The smallest absolute Gasteiger partial charge is 0.260 e. The number of piperazine rings is 1. The highest BCUT2D eigenvalue weighted by Gasteiger charge is 2.25. The average Bonchev–Trinajstić information content (AvgIpc) is 3.15. The third-order valence-corrected chi connectivity index (χ3v) is 5.16. The molecule has 1 amide bonds. The second-order valence-electron chi connectivity index (χ2n) is 5.91. The highest BCUT2D eigenvalue weighted by molar-refractivity contribution is 7.07. The summed E-state index contributed by atoms with van der Waals surface area (Å²) in [6.45, 7) is 5.30. The zero-order valence-corrected chi connectivity index (χ0v) is 14.5. The number of thiophene rings is 1. The summed E-state index contributed by atoms with van der Waals surface area (Å²) in [6.07, 6.45) is 0. The fourth-order valence-electron chi connectivity index (χ4n) is 2.89. The fourth-order valence-corrected chi connectivity index (χ4v) is 3.64. The molecule has 2 heterocycles. The maximum absolute atomic E-state index is 12.3. The Kier molecular flexibility index (Phi) is 5.37. The number of para-hydroxylation sites is 2. The van der Waals surface area contributed by atoms with Gasteiger partial charge in [-0.15, -0.1) is 0 Å². The molecule has 5 nitrogen and oxygen atoms in total. The van der Waals surface area contributed by atoms with E-state index in [4.69, 9.17) is 4.74 Å². The van der Waals surface area contributed by atoms with Crippen LogP contribution in [0.5, 0.6) is 11.5 Å². The summed E-state index contributed by atoms with van der Waals surface area (Å²) < 4.78 is 5.43. The van der Waals surface area contributed by atoms with Gasteiger partial charge in [-0.1, -0.05) is 12.1 Å². The van der Waals surface area contributed by atoms with E-state index in [1.54, 1.807) is 35.6 Å². The van der Waals surface area contributed by atoms with Crippen LogP contribution in [0.25, 0.3) is 0 Å². The molecule has 0 saturated carbocycles. The normalized spacial score (nSPS) is 16.8. The molecule has 0 radical (unpaired) electrons. The van der Waals surface area contributed by atoms with Gasteiger partial charge in [-0.25, -0.2) is 0 Å². The standard InChI is InChI=1S/C18H22N2O3S/c1-14(15-6-11-24-13-15)19-7-9-20(10-8-19)18(22)12-23-17-5-3-2-4-16(17)21/h2-6,11,13-14,21H,7-10,12H2,1H3/t14-/m0/s1. The Morgan fingerprint density at radius 3 is 2.67 bits per heavy atom. The number of hydrogen-bond acceptors (Lipinski definition) is 5. The van der Waals surface area contributed by atoms with E-state index in [1.807, 2.05) is 4.90 Å². The number of phenols is 1. The van der Waals surface area contributed by atoms with E-state index >= 15 is 0 Å². The highest BCUT2D eigenvalue weighted by Crippen LogP contribution is 2.25. The molecule has 3 rings (SSSR count). The number of ether oxygens (including phenoxy) is 1. The minimum Gasteiger partial charge on any atom is -0.504 e. The molecule has 1 atom stereocenters. The Balaban J connectivity index is 1.47. The third-order valence-electron chi connectivity index (χ3n) is 4.46. The number of carbonyl (C=O) groups is 1. The van der Waals surface area contributed by atoms with Gasteiger partial charge in [-0.3, -0.25) is 9.69 Å². The minimum atomic E-state index is -0.0440. The lowest BCUT2D eigenvalue weighted by Crippen LogP contribution is -2.50. The van der Waals surface area contributed by atoms with E-state index in [1.165, 1.54) is 5.56 Å². The van der Waals surface area contributed by atoms with Crippen LogP contribution in [0, 0.1) is 0 Å². The van der Waals surface area contributed by atoms with Gasteiger partial charge in [0.2, 0.25) is 0 Å². The molecule has 24 heavy (non-hydrogen) atoms. The fraction of sp³-hybridized carbons (Fsp3) is 0.389. The lowest BCUT2D eigenvalue weighted by Gasteiger charge is -2.37. The topological polar surface area (TPSA) is 53.0 Å². The Hall–Kier alpha value is -2.05. The van der Waals surface area contributed by atoms with Crippen molar-refractivity contribution in [3.8, 4) is 11.5 Å². The average molecular weight is 346 g/mol. The van der Waals surface area contributed by atoms with Gasteiger partial charge >= 0.3 is 0 Å². The molecular formula is C18H22N2O3S. The van der Waals surface area contributed by atoms with Crippen LogP contribution in [0.4, 0.5) is 0 Å². The van der Waals surface area contributed by atoms with E-state index in [2.05, 4.69) is 28.7 Å². The highest BCUT2D eigenvalue weighted by atomic mass is 32.1. The van der Waals surface area contributed by atoms with Crippen LogP contribution in [0.15, 0.2) is 41.1 Å². The van der Waals surface area contributed by atoms with Crippen LogP contribution in [0.1, 0.15) is 18.5 Å². The predicted molar refractivity (Wildman–Crippen MR) is 94.5 cm³/mol. The van der Waals surface area contributed by atoms with Gasteiger partial charge in [0.05, 0.1) is 0 Å². The van der Waals surface area contributed by atoms with Crippen LogP contribution in [-0.4, -0.2) is 53.6 Å². The molecule has 1 aliphatic heterocycles. The Morgan fingerprint density at radius 1 is 1.25 bits per heavy atom. The van der Waals surface area contributed by atoms with Crippen molar-refractivity contribution in [1.82, 2.24) is 9.80 Å². The maximum atomic E-state index is 12.3. The van der Waals surface area contributed by atoms with Crippen LogP contribution in [-0.2, 0) is 4.79 Å². The van der Waals surface area contributed by atoms with Crippen molar-refractivity contribution in [3.63, 3.8) is 0 Å². The summed E-state index contributed by atoms with van der Waals surface area (Å²) in [5, 5.41) is 13.9. The monoisotopic (exact) mass is 346 g/mol. The molecule has 1 fully saturated rings. The number of rotatable bonds is 5. The minimum absolute atomic E-state index is 0.0407. The second kappa shape index (κ2) is 7.68. The first-order valence-corrected chi connectivity index (χ1v) is 9.04. The molecule has 0 aliphatic carbocycles. The van der Waals surface area contributed by atoms with E-state index in [0.29, 0.717) is 24.9 Å². The molecule has 1 aromatic carbocycles. The summed E-state index contributed by atoms with van der Waals surface area (Å²) in [5.74, 6) is 0.358. The second-order valence-corrected chi connectivity index (χ2v) is 6.69. The van der Waals surface area contributed by atoms with Gasteiger partial charge in [0, 0.05) is 32.2 Å². The predicted octanol–water partition coefficient (Wildman–Crippen LogP) is 2.74. The third kappa shape index (κ3) is 3.88. The first-order chi connectivity index (χ1) is 11.6. The van der Waals surface area contributed by atoms with Crippen LogP contribution < -0.4 is 4.74 Å². The van der Waals surface area contributed by atoms with E-state index < -0.39 is 0 Å². The molecule has 1 N–H and O–H groups in total. The van der Waals surface area contributed by atoms with E-state index in [0.717, 1.165) is 13.1 Å². The maximum Gasteiger partial charge on any atom is 0.260 e. The van der Waals surface area contributed by atoms with Gasteiger partial charge in [0.1, 0.15) is 0 Å². The molecular weight excluding hydrogens is 324 g/mol. The van der Waals surface area contributed by atoms with Crippen molar-refractivity contribution < 1.29 is 14.6 Å². The summed E-state index contributed by atoms with van der Waals surface area (Å²) in [6, 6.07) is 9.23. The van der Waals surface area contributed by atoms with Crippen molar-refractivity contribution in [1.29, 1.82) is 0 Å². The first kappa shape index (κ1) is 16.8. The Labute approximate surface area is 146 Å². The molecule has 128 valence electrons. The molecule has 1 aliphatic rings. The van der Waals surface area contributed by atoms with Crippen molar-refractivity contribution in [2.75, 3.05) is 32.8 Å². The number of nitrogens with zero attached hydrogens (tertiary/aromatic N) is 2. The summed E-state index contributed by atoms with van der Waals surface area (Å²) >= 11 is 1.71. The molecule has 6 heteroatoms. The lowest BCUT2D eigenvalue weighted by molar-refractivity contribution is -0.135. The van der Waals surface area contributed by atoms with Gasteiger partial charge in [0.15, 0.2) is 18.1 Å². The molecule has 0 bridgehead atoms. The molecule has 1 aromatic heterocycles. The van der Waals surface area contributed by atoms with E-state index in [-0.39, 0.29) is 18.3 Å². The van der Waals surface area contributed by atoms with Crippen LogP contribution >= 0.6 is 11.3 Å². The summed E-state index contributed by atoms with van der Waals surface area (Å²) in [4.78, 5) is 16.5. The molecule has 1 saturated heterocycles. The Morgan fingerprint density at radius 2 is 2.00 bits per heavy atom. The lowest BCUT2D eigenvalue weighted by atomic mass is 10.1. The zero-order valence-electron chi connectivity index (χ0n) is 13.7. The van der Waals surface area contributed by atoms with E-state index in [9.17, 15) is 9.90 Å². The number of benzene rings is 1.